The second-order valence-corrected chi connectivity index (χ2v) is 7.34. The van der Waals surface area contributed by atoms with E-state index in [0.29, 0.717) is 5.46 Å². The fourth-order valence-corrected chi connectivity index (χ4v) is 3.92. The third-order valence-electron chi connectivity index (χ3n) is 5.41. The van der Waals surface area contributed by atoms with Crippen LogP contribution in [0.3, 0.4) is 0 Å². The van der Waals surface area contributed by atoms with E-state index in [9.17, 15) is 10.0 Å². The van der Waals surface area contributed by atoms with Crippen LogP contribution in [-0.4, -0.2) is 21.7 Å². The Balaban J connectivity index is 1.59. The van der Waals surface area contributed by atoms with E-state index < -0.39 is 7.12 Å². The van der Waals surface area contributed by atoms with Gasteiger partial charge in [0.1, 0.15) is 0 Å². The van der Waals surface area contributed by atoms with Crippen LogP contribution >= 0.6 is 0 Å². The molecule has 5 aromatic rings. The lowest BCUT2D eigenvalue weighted by atomic mass is 9.80. The maximum Gasteiger partial charge on any atom is 0.488 e. The van der Waals surface area contributed by atoms with Crippen LogP contribution < -0.4 is 5.46 Å². The number of aromatic nitrogens is 1. The van der Waals surface area contributed by atoms with Crippen LogP contribution in [0.4, 0.5) is 0 Å². The van der Waals surface area contributed by atoms with Gasteiger partial charge in [-0.3, -0.25) is 0 Å². The lowest BCUT2D eigenvalue weighted by molar-refractivity contribution is 0.426. The SMILES string of the molecule is OB(O)c1ccc(/C=C/c2ccc3c(c2)c2ccccc2n3-c2ccccc2)cc1. The number of rotatable bonds is 4. The number of nitrogens with zero attached hydrogens (tertiary/aromatic N) is 1. The highest BCUT2D eigenvalue weighted by Crippen LogP contribution is 2.32. The van der Waals surface area contributed by atoms with Gasteiger partial charge in [-0.25, -0.2) is 0 Å². The van der Waals surface area contributed by atoms with Gasteiger partial charge >= 0.3 is 7.12 Å². The first-order chi connectivity index (χ1) is 14.7. The van der Waals surface area contributed by atoms with Crippen LogP contribution in [0, 0.1) is 0 Å². The first-order valence-electron chi connectivity index (χ1n) is 9.93. The molecule has 144 valence electrons. The Bertz CT molecular complexity index is 1350. The molecule has 1 heterocycles. The molecule has 3 nitrogen and oxygen atoms in total. The van der Waals surface area contributed by atoms with E-state index in [2.05, 4.69) is 77.4 Å². The third kappa shape index (κ3) is 3.33. The van der Waals surface area contributed by atoms with Crippen LogP contribution in [0.1, 0.15) is 11.1 Å². The Morgan fingerprint density at radius 3 is 2.00 bits per heavy atom. The van der Waals surface area contributed by atoms with Crippen LogP contribution in [0.5, 0.6) is 0 Å². The van der Waals surface area contributed by atoms with Gasteiger partial charge in [0.05, 0.1) is 11.0 Å². The zero-order valence-corrected chi connectivity index (χ0v) is 16.3. The number of fused-ring (bicyclic) bond motifs is 3. The lowest BCUT2D eigenvalue weighted by Gasteiger charge is -2.07. The van der Waals surface area contributed by atoms with Gasteiger partial charge in [0.25, 0.3) is 0 Å². The molecule has 0 radical (unpaired) electrons. The second-order valence-electron chi connectivity index (χ2n) is 7.34. The molecule has 0 saturated carbocycles. The van der Waals surface area contributed by atoms with Crippen molar-refractivity contribution in [1.82, 2.24) is 4.57 Å². The van der Waals surface area contributed by atoms with Crippen molar-refractivity contribution in [3.8, 4) is 5.69 Å². The molecule has 4 heteroatoms. The largest absolute Gasteiger partial charge is 0.488 e. The summed E-state index contributed by atoms with van der Waals surface area (Å²) >= 11 is 0. The monoisotopic (exact) mass is 389 g/mol. The van der Waals surface area contributed by atoms with Gasteiger partial charge in [0.15, 0.2) is 0 Å². The molecule has 5 rings (SSSR count). The number of benzene rings is 4. The van der Waals surface area contributed by atoms with Gasteiger partial charge in [-0.2, -0.15) is 0 Å². The van der Waals surface area contributed by atoms with Crippen molar-refractivity contribution in [3.05, 3.63) is 108 Å². The van der Waals surface area contributed by atoms with E-state index >= 15 is 0 Å². The number of hydrogen-bond donors (Lipinski definition) is 2. The van der Waals surface area contributed by atoms with Crippen molar-refractivity contribution in [2.24, 2.45) is 0 Å². The normalized spacial score (nSPS) is 11.5. The van der Waals surface area contributed by atoms with E-state index in [1.807, 2.05) is 24.3 Å². The van der Waals surface area contributed by atoms with Crippen molar-refractivity contribution in [2.45, 2.75) is 0 Å². The topological polar surface area (TPSA) is 45.4 Å². The second kappa shape index (κ2) is 7.67. The molecule has 1 aromatic heterocycles. The first-order valence-corrected chi connectivity index (χ1v) is 9.93. The molecule has 0 aliphatic heterocycles. The van der Waals surface area contributed by atoms with Gasteiger partial charge in [-0.1, -0.05) is 78.9 Å². The molecule has 0 atom stereocenters. The summed E-state index contributed by atoms with van der Waals surface area (Å²) in [4.78, 5) is 0. The zero-order chi connectivity index (χ0) is 20.5. The summed E-state index contributed by atoms with van der Waals surface area (Å²) in [5, 5.41) is 20.9. The summed E-state index contributed by atoms with van der Waals surface area (Å²) in [7, 11) is -1.44. The van der Waals surface area contributed by atoms with E-state index in [0.717, 1.165) is 16.8 Å². The summed E-state index contributed by atoms with van der Waals surface area (Å²) in [6.45, 7) is 0. The average Bonchev–Trinajstić information content (AvgIpc) is 3.12. The average molecular weight is 389 g/mol. The van der Waals surface area contributed by atoms with Gasteiger partial charge < -0.3 is 14.6 Å². The standard InChI is InChI=1S/C26H20BNO2/c29-27(30)21-15-12-19(13-16-21)10-11-20-14-17-26-24(18-20)23-8-4-5-9-25(23)28(26)22-6-2-1-3-7-22/h1-18,29-30H/b11-10+. The summed E-state index contributed by atoms with van der Waals surface area (Å²) < 4.78 is 2.30. The lowest BCUT2D eigenvalue weighted by Crippen LogP contribution is -2.29. The van der Waals surface area contributed by atoms with Crippen molar-refractivity contribution in [3.63, 3.8) is 0 Å². The Labute approximate surface area is 175 Å². The Kier molecular flexibility index (Phi) is 4.72. The van der Waals surface area contributed by atoms with E-state index in [1.54, 1.807) is 12.1 Å². The quantitative estimate of drug-likeness (QED) is 0.348. The molecule has 0 fully saturated rings. The molecule has 30 heavy (non-hydrogen) atoms. The highest BCUT2D eigenvalue weighted by molar-refractivity contribution is 6.58. The van der Waals surface area contributed by atoms with Crippen LogP contribution in [-0.2, 0) is 0 Å². The molecule has 0 aliphatic carbocycles. The van der Waals surface area contributed by atoms with E-state index in [1.165, 1.54) is 21.8 Å². The van der Waals surface area contributed by atoms with Crippen LogP contribution in [0.2, 0.25) is 0 Å². The summed E-state index contributed by atoms with van der Waals surface area (Å²) in [6, 6.07) is 32.6. The van der Waals surface area contributed by atoms with Crippen LogP contribution in [0.15, 0.2) is 97.1 Å². The maximum absolute atomic E-state index is 9.23. The number of hydrogen-bond acceptors (Lipinski definition) is 2. The maximum atomic E-state index is 9.23. The zero-order valence-electron chi connectivity index (χ0n) is 16.3. The molecule has 0 saturated heterocycles. The summed E-state index contributed by atoms with van der Waals surface area (Å²) in [5.74, 6) is 0. The minimum Gasteiger partial charge on any atom is -0.423 e. The molecular weight excluding hydrogens is 369 g/mol. The highest BCUT2D eigenvalue weighted by atomic mass is 16.4. The summed E-state index contributed by atoms with van der Waals surface area (Å²) in [5.41, 5.74) is 6.13. The fourth-order valence-electron chi connectivity index (χ4n) is 3.92. The number of para-hydroxylation sites is 2. The Morgan fingerprint density at radius 1 is 0.600 bits per heavy atom. The van der Waals surface area contributed by atoms with E-state index in [-0.39, 0.29) is 0 Å². The van der Waals surface area contributed by atoms with E-state index in [4.69, 9.17) is 0 Å². The van der Waals surface area contributed by atoms with Gasteiger partial charge in [-0.05, 0) is 46.9 Å². The first kappa shape index (κ1) is 18.4. The molecule has 0 unspecified atom stereocenters. The van der Waals surface area contributed by atoms with Crippen LogP contribution in [0.25, 0.3) is 39.6 Å². The minimum atomic E-state index is -1.44. The fraction of sp³-hybridized carbons (Fsp3) is 0. The molecule has 0 spiro atoms. The van der Waals surface area contributed by atoms with Gasteiger partial charge in [0.2, 0.25) is 0 Å². The molecule has 0 aliphatic rings. The summed E-state index contributed by atoms with van der Waals surface area (Å²) in [6.07, 6.45) is 4.11. The molecule has 0 amide bonds. The molecule has 4 aromatic carbocycles. The van der Waals surface area contributed by atoms with Crippen molar-refractivity contribution >= 4 is 46.5 Å². The predicted molar refractivity (Wildman–Crippen MR) is 126 cm³/mol. The smallest absolute Gasteiger partial charge is 0.423 e. The molecule has 2 N–H and O–H groups in total. The van der Waals surface area contributed by atoms with Gasteiger partial charge in [-0.15, -0.1) is 0 Å². The Morgan fingerprint density at radius 2 is 1.23 bits per heavy atom. The van der Waals surface area contributed by atoms with Crippen molar-refractivity contribution < 1.29 is 10.0 Å². The molecule has 0 bridgehead atoms. The predicted octanol–water partition coefficient (Wildman–Crippen LogP) is 4.63. The van der Waals surface area contributed by atoms with Gasteiger partial charge in [0, 0.05) is 16.5 Å². The highest BCUT2D eigenvalue weighted by Gasteiger charge is 2.12. The van der Waals surface area contributed by atoms with Crippen molar-refractivity contribution in [2.75, 3.05) is 0 Å². The third-order valence-corrected chi connectivity index (χ3v) is 5.41. The Hall–Kier alpha value is -3.60. The minimum absolute atomic E-state index is 0.488. The molecular formula is C26H20BNO2. The van der Waals surface area contributed by atoms with Crippen molar-refractivity contribution in [1.29, 1.82) is 0 Å².